The van der Waals surface area contributed by atoms with E-state index in [1.165, 1.54) is 27.3 Å². The summed E-state index contributed by atoms with van der Waals surface area (Å²) in [4.78, 5) is 1.44. The van der Waals surface area contributed by atoms with Gasteiger partial charge in [-0.2, -0.15) is 0 Å². The molecule has 2 nitrogen and oxygen atoms in total. The molecule has 0 atom stereocenters. The lowest BCUT2D eigenvalue weighted by atomic mass is 10.1. The van der Waals surface area contributed by atoms with Crippen LogP contribution in [0.4, 0.5) is 5.69 Å². The number of nitrogens with one attached hydrogen (secondary N) is 2. The molecular formula is C15H18N2S. The van der Waals surface area contributed by atoms with Crippen molar-refractivity contribution in [1.29, 1.82) is 0 Å². The Balaban J connectivity index is 1.64. The highest BCUT2D eigenvalue weighted by Crippen LogP contribution is 2.26. The van der Waals surface area contributed by atoms with Crippen LogP contribution in [0.25, 0.3) is 0 Å². The van der Waals surface area contributed by atoms with Gasteiger partial charge in [0.05, 0.1) is 0 Å². The van der Waals surface area contributed by atoms with E-state index in [4.69, 9.17) is 0 Å². The summed E-state index contributed by atoms with van der Waals surface area (Å²) in [5, 5.41) is 9.19. The Morgan fingerprint density at radius 2 is 2.22 bits per heavy atom. The van der Waals surface area contributed by atoms with Gasteiger partial charge in [0.15, 0.2) is 0 Å². The van der Waals surface area contributed by atoms with Crippen molar-refractivity contribution in [2.75, 3.05) is 11.9 Å². The molecule has 0 aliphatic carbocycles. The van der Waals surface area contributed by atoms with Crippen molar-refractivity contribution in [3.05, 3.63) is 51.2 Å². The van der Waals surface area contributed by atoms with E-state index >= 15 is 0 Å². The Labute approximate surface area is 112 Å². The van der Waals surface area contributed by atoms with Crippen LogP contribution in [0.2, 0.25) is 0 Å². The number of rotatable bonds is 4. The van der Waals surface area contributed by atoms with Crippen molar-refractivity contribution >= 4 is 17.0 Å². The van der Waals surface area contributed by atoms with Gasteiger partial charge in [0.1, 0.15) is 0 Å². The zero-order chi connectivity index (χ0) is 12.4. The van der Waals surface area contributed by atoms with E-state index in [2.05, 4.69) is 47.2 Å². The van der Waals surface area contributed by atoms with Gasteiger partial charge in [-0.25, -0.2) is 0 Å². The monoisotopic (exact) mass is 258 g/mol. The smallest absolute Gasteiger partial charge is 0.0419 e. The molecule has 1 aromatic heterocycles. The highest BCUT2D eigenvalue weighted by molar-refractivity contribution is 7.10. The van der Waals surface area contributed by atoms with Crippen molar-refractivity contribution in [3.8, 4) is 0 Å². The van der Waals surface area contributed by atoms with Gasteiger partial charge in [-0.05, 0) is 41.5 Å². The second kappa shape index (κ2) is 5.12. The predicted molar refractivity (Wildman–Crippen MR) is 78.2 cm³/mol. The van der Waals surface area contributed by atoms with Crippen LogP contribution in [-0.4, -0.2) is 6.54 Å². The van der Waals surface area contributed by atoms with E-state index < -0.39 is 0 Å². The Kier molecular flexibility index (Phi) is 3.35. The third-order valence-corrected chi connectivity index (χ3v) is 4.53. The Morgan fingerprint density at radius 3 is 3.06 bits per heavy atom. The molecule has 3 heteroatoms. The average molecular weight is 258 g/mol. The van der Waals surface area contributed by atoms with Crippen LogP contribution in [0.1, 0.15) is 21.6 Å². The Bertz CT molecular complexity index is 545. The van der Waals surface area contributed by atoms with Gasteiger partial charge in [0.25, 0.3) is 0 Å². The Hall–Kier alpha value is -1.32. The maximum Gasteiger partial charge on any atom is 0.0419 e. The fraction of sp³-hybridized carbons (Fsp3) is 0.333. The maximum atomic E-state index is 3.55. The topological polar surface area (TPSA) is 24.1 Å². The van der Waals surface area contributed by atoms with Crippen LogP contribution in [0.3, 0.4) is 0 Å². The third kappa shape index (κ3) is 2.28. The van der Waals surface area contributed by atoms with Crippen molar-refractivity contribution < 1.29 is 0 Å². The van der Waals surface area contributed by atoms with E-state index in [1.807, 2.05) is 11.3 Å². The Morgan fingerprint density at radius 1 is 1.28 bits per heavy atom. The minimum atomic E-state index is 0.938. The van der Waals surface area contributed by atoms with Gasteiger partial charge in [-0.15, -0.1) is 11.3 Å². The zero-order valence-electron chi connectivity index (χ0n) is 10.6. The average Bonchev–Trinajstić information content (AvgIpc) is 2.99. The summed E-state index contributed by atoms with van der Waals surface area (Å²) in [6.45, 7) is 5.16. The molecule has 1 aliphatic heterocycles. The molecule has 1 aromatic carbocycles. The largest absolute Gasteiger partial charge is 0.384 e. The van der Waals surface area contributed by atoms with Gasteiger partial charge >= 0.3 is 0 Å². The molecule has 0 amide bonds. The standard InChI is InChI=1S/C15H18N2S/c1-11-6-8-18-14(11)10-16-9-13-4-2-3-12-5-7-17-15(12)13/h2-4,6,8,16-17H,5,7,9-10H2,1H3. The third-order valence-electron chi connectivity index (χ3n) is 3.50. The summed E-state index contributed by atoms with van der Waals surface area (Å²) >= 11 is 1.83. The van der Waals surface area contributed by atoms with Gasteiger partial charge in [0, 0.05) is 30.2 Å². The summed E-state index contributed by atoms with van der Waals surface area (Å²) in [6, 6.07) is 8.79. The van der Waals surface area contributed by atoms with E-state index in [-0.39, 0.29) is 0 Å². The van der Waals surface area contributed by atoms with E-state index in [9.17, 15) is 0 Å². The quantitative estimate of drug-likeness (QED) is 0.879. The van der Waals surface area contributed by atoms with Crippen molar-refractivity contribution in [3.63, 3.8) is 0 Å². The molecule has 18 heavy (non-hydrogen) atoms. The molecular weight excluding hydrogens is 240 g/mol. The first-order valence-corrected chi connectivity index (χ1v) is 7.31. The van der Waals surface area contributed by atoms with Crippen LogP contribution in [-0.2, 0) is 19.5 Å². The molecule has 2 N–H and O–H groups in total. The molecule has 3 rings (SSSR count). The van der Waals surface area contributed by atoms with Crippen LogP contribution in [0.15, 0.2) is 29.6 Å². The second-order valence-corrected chi connectivity index (χ2v) is 5.76. The molecule has 0 saturated heterocycles. The molecule has 0 spiro atoms. The van der Waals surface area contributed by atoms with E-state index in [1.54, 1.807) is 0 Å². The molecule has 0 saturated carbocycles. The molecule has 1 aliphatic rings. The van der Waals surface area contributed by atoms with Crippen LogP contribution < -0.4 is 10.6 Å². The van der Waals surface area contributed by atoms with Crippen LogP contribution in [0, 0.1) is 6.92 Å². The number of benzene rings is 1. The number of fused-ring (bicyclic) bond motifs is 1. The zero-order valence-corrected chi connectivity index (χ0v) is 11.4. The minimum Gasteiger partial charge on any atom is -0.384 e. The van der Waals surface area contributed by atoms with Gasteiger partial charge in [0.2, 0.25) is 0 Å². The van der Waals surface area contributed by atoms with Crippen molar-refractivity contribution in [2.24, 2.45) is 0 Å². The maximum absolute atomic E-state index is 3.55. The fourth-order valence-electron chi connectivity index (χ4n) is 2.45. The number of hydrogen-bond donors (Lipinski definition) is 2. The summed E-state index contributed by atoms with van der Waals surface area (Å²) in [5.41, 5.74) is 5.60. The summed E-state index contributed by atoms with van der Waals surface area (Å²) in [6.07, 6.45) is 1.16. The molecule has 0 unspecified atom stereocenters. The van der Waals surface area contributed by atoms with Crippen LogP contribution in [0.5, 0.6) is 0 Å². The van der Waals surface area contributed by atoms with E-state index in [0.29, 0.717) is 0 Å². The molecule has 0 fully saturated rings. The SMILES string of the molecule is Cc1ccsc1CNCc1cccc2c1NCC2. The van der Waals surface area contributed by atoms with Crippen molar-refractivity contribution in [2.45, 2.75) is 26.4 Å². The first-order valence-electron chi connectivity index (χ1n) is 6.43. The minimum absolute atomic E-state index is 0.938. The molecule has 2 heterocycles. The second-order valence-electron chi connectivity index (χ2n) is 4.76. The lowest BCUT2D eigenvalue weighted by molar-refractivity contribution is 0.700. The summed E-state index contributed by atoms with van der Waals surface area (Å²) < 4.78 is 0. The summed E-state index contributed by atoms with van der Waals surface area (Å²) in [7, 11) is 0. The normalized spacial score (nSPS) is 13.4. The van der Waals surface area contributed by atoms with Gasteiger partial charge in [-0.1, -0.05) is 18.2 Å². The number of aryl methyl sites for hydroxylation is 1. The first-order chi connectivity index (χ1) is 8.84. The first kappa shape index (κ1) is 11.8. The van der Waals surface area contributed by atoms with Gasteiger partial charge < -0.3 is 10.6 Å². The number of thiophene rings is 1. The van der Waals surface area contributed by atoms with Gasteiger partial charge in [-0.3, -0.25) is 0 Å². The fourth-order valence-corrected chi connectivity index (χ4v) is 3.33. The number of hydrogen-bond acceptors (Lipinski definition) is 3. The van der Waals surface area contributed by atoms with Crippen molar-refractivity contribution in [1.82, 2.24) is 5.32 Å². The van der Waals surface area contributed by atoms with E-state index in [0.717, 1.165) is 26.1 Å². The number of anilines is 1. The molecule has 94 valence electrons. The summed E-state index contributed by atoms with van der Waals surface area (Å²) in [5.74, 6) is 0. The highest BCUT2D eigenvalue weighted by atomic mass is 32.1. The lowest BCUT2D eigenvalue weighted by Gasteiger charge is -2.10. The predicted octanol–water partition coefficient (Wildman–Crippen LogP) is 3.31. The number of para-hydroxylation sites is 1. The lowest BCUT2D eigenvalue weighted by Crippen LogP contribution is -2.13. The molecule has 0 bridgehead atoms. The highest BCUT2D eigenvalue weighted by Gasteiger charge is 2.12. The molecule has 0 radical (unpaired) electrons. The molecule has 2 aromatic rings. The van der Waals surface area contributed by atoms with Crippen LogP contribution >= 0.6 is 11.3 Å².